The van der Waals surface area contributed by atoms with Gasteiger partial charge >= 0.3 is 12.1 Å². The van der Waals surface area contributed by atoms with E-state index in [1.807, 2.05) is 0 Å². The van der Waals surface area contributed by atoms with Gasteiger partial charge in [-0.05, 0) is 6.42 Å². The van der Waals surface area contributed by atoms with Crippen molar-refractivity contribution in [1.29, 1.82) is 0 Å². The molecule has 1 aromatic rings. The Labute approximate surface area is 108 Å². The van der Waals surface area contributed by atoms with Crippen molar-refractivity contribution in [3.05, 3.63) is 18.1 Å². The zero-order valence-corrected chi connectivity index (χ0v) is 10.6. The number of hydrogen-bond donors (Lipinski definition) is 0. The van der Waals surface area contributed by atoms with Crippen LogP contribution < -0.4 is 4.90 Å². The fourth-order valence-corrected chi connectivity index (χ4v) is 1.58. The summed E-state index contributed by atoms with van der Waals surface area (Å²) in [6.45, 7) is 0.685. The molecule has 8 heteroatoms. The molecule has 0 spiro atoms. The Morgan fingerprint density at radius 2 is 2.16 bits per heavy atom. The molecule has 0 aliphatic rings. The first kappa shape index (κ1) is 15.2. The largest absolute Gasteiger partial charge is 0.465 e. The van der Waals surface area contributed by atoms with Crippen LogP contribution in [0.3, 0.4) is 0 Å². The van der Waals surface area contributed by atoms with Crippen LogP contribution in [0.5, 0.6) is 0 Å². The zero-order valence-electron chi connectivity index (χ0n) is 10.6. The molecule has 19 heavy (non-hydrogen) atoms. The van der Waals surface area contributed by atoms with E-state index in [0.29, 0.717) is 6.42 Å². The van der Waals surface area contributed by atoms with Crippen LogP contribution in [0.25, 0.3) is 0 Å². The number of hydrogen-bond acceptors (Lipinski definition) is 5. The van der Waals surface area contributed by atoms with Gasteiger partial charge in [0.25, 0.3) is 0 Å². The van der Waals surface area contributed by atoms with Crippen LogP contribution in [0.4, 0.5) is 19.0 Å². The van der Waals surface area contributed by atoms with E-state index in [0.717, 1.165) is 24.5 Å². The summed E-state index contributed by atoms with van der Waals surface area (Å²) in [5, 5.41) is 0. The summed E-state index contributed by atoms with van der Waals surface area (Å²) < 4.78 is 42.1. The topological polar surface area (TPSA) is 55.3 Å². The van der Waals surface area contributed by atoms with E-state index in [1.54, 1.807) is 6.92 Å². The third kappa shape index (κ3) is 4.38. The summed E-state index contributed by atoms with van der Waals surface area (Å²) >= 11 is 0. The van der Waals surface area contributed by atoms with E-state index in [9.17, 15) is 18.0 Å². The SMILES string of the molecule is CCCN(CC(F)(F)F)c1ncncc1C(=O)OC. The minimum absolute atomic E-state index is 0.0685. The maximum absolute atomic E-state index is 12.5. The maximum atomic E-state index is 12.5. The molecular weight excluding hydrogens is 263 g/mol. The van der Waals surface area contributed by atoms with Gasteiger partial charge in [-0.3, -0.25) is 0 Å². The van der Waals surface area contributed by atoms with Crippen LogP contribution in [0.2, 0.25) is 0 Å². The number of aromatic nitrogens is 2. The lowest BCUT2D eigenvalue weighted by Gasteiger charge is -2.25. The highest BCUT2D eigenvalue weighted by atomic mass is 19.4. The fourth-order valence-electron chi connectivity index (χ4n) is 1.58. The lowest BCUT2D eigenvalue weighted by molar-refractivity contribution is -0.119. The van der Waals surface area contributed by atoms with Gasteiger partial charge in [0.15, 0.2) is 0 Å². The molecule has 0 aliphatic carbocycles. The van der Waals surface area contributed by atoms with Crippen LogP contribution in [-0.2, 0) is 4.74 Å². The van der Waals surface area contributed by atoms with E-state index >= 15 is 0 Å². The molecule has 0 aromatic carbocycles. The average molecular weight is 277 g/mol. The van der Waals surface area contributed by atoms with Crippen molar-refractivity contribution in [3.63, 3.8) is 0 Å². The van der Waals surface area contributed by atoms with Gasteiger partial charge in [0.2, 0.25) is 0 Å². The van der Waals surface area contributed by atoms with Gasteiger partial charge in [-0.1, -0.05) is 6.92 Å². The zero-order chi connectivity index (χ0) is 14.5. The van der Waals surface area contributed by atoms with E-state index < -0.39 is 18.7 Å². The second kappa shape index (κ2) is 6.35. The van der Waals surface area contributed by atoms with Crippen molar-refractivity contribution in [2.75, 3.05) is 25.1 Å². The Kier molecular flexibility index (Phi) is 5.08. The quantitative estimate of drug-likeness (QED) is 0.771. The van der Waals surface area contributed by atoms with E-state index in [2.05, 4.69) is 14.7 Å². The minimum atomic E-state index is -4.38. The van der Waals surface area contributed by atoms with E-state index in [4.69, 9.17) is 0 Å². The number of alkyl halides is 3. The van der Waals surface area contributed by atoms with Crippen LogP contribution in [0, 0.1) is 0 Å². The summed E-state index contributed by atoms with van der Waals surface area (Å²) in [4.78, 5) is 19.9. The van der Waals surface area contributed by atoms with Gasteiger partial charge < -0.3 is 9.64 Å². The Bertz CT molecular complexity index is 437. The summed E-state index contributed by atoms with van der Waals surface area (Å²) in [7, 11) is 1.15. The highest BCUT2D eigenvalue weighted by Crippen LogP contribution is 2.23. The molecule has 0 bridgehead atoms. The Hall–Kier alpha value is -1.86. The second-order valence-electron chi connectivity index (χ2n) is 3.79. The number of anilines is 1. The van der Waals surface area contributed by atoms with Crippen LogP contribution >= 0.6 is 0 Å². The number of carbonyl (C=O) groups is 1. The number of methoxy groups -OCH3 is 1. The number of esters is 1. The highest BCUT2D eigenvalue weighted by molar-refractivity contribution is 5.94. The molecule has 0 atom stereocenters. The van der Waals surface area contributed by atoms with Gasteiger partial charge in [0.1, 0.15) is 24.3 Å². The molecule has 0 radical (unpaired) electrons. The first-order chi connectivity index (χ1) is 8.89. The third-order valence-corrected chi connectivity index (χ3v) is 2.26. The highest BCUT2D eigenvalue weighted by Gasteiger charge is 2.32. The normalized spacial score (nSPS) is 11.2. The van der Waals surface area contributed by atoms with Crippen molar-refractivity contribution < 1.29 is 22.7 Å². The Balaban J connectivity index is 3.11. The first-order valence-corrected chi connectivity index (χ1v) is 5.59. The monoisotopic (exact) mass is 277 g/mol. The minimum Gasteiger partial charge on any atom is -0.465 e. The lowest BCUT2D eigenvalue weighted by Crippen LogP contribution is -2.36. The van der Waals surface area contributed by atoms with E-state index in [1.165, 1.54) is 0 Å². The number of rotatable bonds is 5. The molecule has 0 saturated carbocycles. The summed E-state index contributed by atoms with van der Waals surface area (Å²) in [5.74, 6) is -0.833. The van der Waals surface area contributed by atoms with Crippen LogP contribution in [0.15, 0.2) is 12.5 Å². The Morgan fingerprint density at radius 3 is 2.68 bits per heavy atom. The molecule has 0 amide bonds. The predicted molar refractivity (Wildman–Crippen MR) is 61.9 cm³/mol. The summed E-state index contributed by atoms with van der Waals surface area (Å²) in [5.41, 5.74) is -0.0808. The predicted octanol–water partition coefficient (Wildman–Crippen LogP) is 2.04. The molecule has 0 N–H and O–H groups in total. The molecule has 0 saturated heterocycles. The summed E-state index contributed by atoms with van der Waals surface area (Å²) in [6, 6.07) is 0. The van der Waals surface area contributed by atoms with Crippen molar-refractivity contribution >= 4 is 11.8 Å². The lowest BCUT2D eigenvalue weighted by atomic mass is 10.2. The molecule has 0 aliphatic heterocycles. The van der Waals surface area contributed by atoms with E-state index in [-0.39, 0.29) is 17.9 Å². The number of carbonyl (C=O) groups excluding carboxylic acids is 1. The first-order valence-electron chi connectivity index (χ1n) is 5.59. The molecule has 106 valence electrons. The standard InChI is InChI=1S/C11H14F3N3O2/c1-3-4-17(6-11(12,13)14)9-8(10(18)19-2)5-15-7-16-9/h5,7H,3-4,6H2,1-2H3. The fraction of sp³-hybridized carbons (Fsp3) is 0.545. The number of ether oxygens (including phenoxy) is 1. The van der Waals surface area contributed by atoms with Gasteiger partial charge in [0, 0.05) is 12.7 Å². The number of nitrogens with zero attached hydrogens (tertiary/aromatic N) is 3. The van der Waals surface area contributed by atoms with Gasteiger partial charge in [-0.2, -0.15) is 13.2 Å². The van der Waals surface area contributed by atoms with Gasteiger partial charge in [-0.25, -0.2) is 14.8 Å². The Morgan fingerprint density at radius 1 is 1.47 bits per heavy atom. The maximum Gasteiger partial charge on any atom is 0.405 e. The molecule has 1 rings (SSSR count). The molecule has 0 fully saturated rings. The average Bonchev–Trinajstić information content (AvgIpc) is 2.36. The second-order valence-corrected chi connectivity index (χ2v) is 3.79. The van der Waals surface area contributed by atoms with Gasteiger partial charge in [-0.15, -0.1) is 0 Å². The van der Waals surface area contributed by atoms with Crippen LogP contribution in [-0.4, -0.2) is 42.3 Å². The van der Waals surface area contributed by atoms with Crippen LogP contribution in [0.1, 0.15) is 23.7 Å². The van der Waals surface area contributed by atoms with Crippen molar-refractivity contribution in [3.8, 4) is 0 Å². The van der Waals surface area contributed by atoms with Crippen molar-refractivity contribution in [2.45, 2.75) is 19.5 Å². The summed E-state index contributed by atoms with van der Waals surface area (Å²) in [6.07, 6.45) is -1.65. The molecular formula is C11H14F3N3O2. The van der Waals surface area contributed by atoms with Crippen molar-refractivity contribution in [2.24, 2.45) is 0 Å². The molecule has 0 unspecified atom stereocenters. The smallest absolute Gasteiger partial charge is 0.405 e. The third-order valence-electron chi connectivity index (χ3n) is 2.26. The molecule has 1 heterocycles. The van der Waals surface area contributed by atoms with Gasteiger partial charge in [0.05, 0.1) is 7.11 Å². The molecule has 1 aromatic heterocycles. The van der Waals surface area contributed by atoms with Crippen molar-refractivity contribution in [1.82, 2.24) is 9.97 Å². The molecule has 5 nitrogen and oxygen atoms in total. The number of halogens is 3.